The van der Waals surface area contributed by atoms with Crippen molar-refractivity contribution in [2.45, 2.75) is 6.42 Å². The van der Waals surface area contributed by atoms with Gasteiger partial charge in [0, 0.05) is 34.7 Å². The van der Waals surface area contributed by atoms with Gasteiger partial charge in [0.2, 0.25) is 16.8 Å². The number of nitrogen functional groups attached to an aromatic ring is 1. The number of rotatable bonds is 6. The molecular formula is C17H15BrN8O2S. The number of carbonyl (C=O) groups is 1. The van der Waals surface area contributed by atoms with Crippen molar-refractivity contribution >= 4 is 44.8 Å². The van der Waals surface area contributed by atoms with Crippen molar-refractivity contribution in [3.05, 3.63) is 52.4 Å². The topological polar surface area (TPSA) is 137 Å². The fourth-order valence-electron chi connectivity index (χ4n) is 2.46. The van der Waals surface area contributed by atoms with Crippen molar-refractivity contribution < 1.29 is 9.32 Å². The molecule has 29 heavy (non-hydrogen) atoms. The highest BCUT2D eigenvalue weighted by Crippen LogP contribution is 2.26. The lowest BCUT2D eigenvalue weighted by molar-refractivity contribution is 0.252. The van der Waals surface area contributed by atoms with Crippen LogP contribution in [-0.2, 0) is 6.42 Å². The van der Waals surface area contributed by atoms with Crippen LogP contribution in [0.25, 0.3) is 16.5 Å². The molecule has 148 valence electrons. The molecule has 4 aromatic rings. The minimum Gasteiger partial charge on any atom is -0.383 e. The Balaban J connectivity index is 1.33. The average molecular weight is 475 g/mol. The van der Waals surface area contributed by atoms with Crippen LogP contribution >= 0.6 is 27.3 Å². The van der Waals surface area contributed by atoms with E-state index in [-0.39, 0.29) is 6.03 Å². The zero-order valence-corrected chi connectivity index (χ0v) is 17.3. The summed E-state index contributed by atoms with van der Waals surface area (Å²) in [4.78, 5) is 20.4. The van der Waals surface area contributed by atoms with Gasteiger partial charge in [0.05, 0.1) is 11.8 Å². The predicted octanol–water partition coefficient (Wildman–Crippen LogP) is 3.09. The van der Waals surface area contributed by atoms with Gasteiger partial charge in [0.25, 0.3) is 0 Å². The lowest BCUT2D eigenvalue weighted by Gasteiger charge is -2.06. The summed E-state index contributed by atoms with van der Waals surface area (Å²) >= 11 is 4.76. The molecule has 0 saturated carbocycles. The van der Waals surface area contributed by atoms with Crippen LogP contribution < -0.4 is 16.4 Å². The second-order valence-electron chi connectivity index (χ2n) is 5.82. The van der Waals surface area contributed by atoms with Gasteiger partial charge in [0.15, 0.2) is 0 Å². The smallest absolute Gasteiger partial charge is 0.319 e. The SMILES string of the molecule is Nc1c(-c2noc(CCNC(=O)Nc3ccc(Br)cc3)n2)cnn1-c1nccs1. The summed E-state index contributed by atoms with van der Waals surface area (Å²) in [5.41, 5.74) is 7.38. The van der Waals surface area contributed by atoms with E-state index in [2.05, 4.69) is 46.8 Å². The van der Waals surface area contributed by atoms with Crippen LogP contribution in [0.2, 0.25) is 0 Å². The minimum absolute atomic E-state index is 0.318. The van der Waals surface area contributed by atoms with Gasteiger partial charge >= 0.3 is 6.03 Å². The van der Waals surface area contributed by atoms with Gasteiger partial charge in [-0.3, -0.25) is 0 Å². The lowest BCUT2D eigenvalue weighted by Crippen LogP contribution is -2.30. The summed E-state index contributed by atoms with van der Waals surface area (Å²) in [5.74, 6) is 1.09. The van der Waals surface area contributed by atoms with Crippen molar-refractivity contribution in [2.24, 2.45) is 0 Å². The molecule has 2 amide bonds. The van der Waals surface area contributed by atoms with Crippen LogP contribution in [0.5, 0.6) is 0 Å². The summed E-state index contributed by atoms with van der Waals surface area (Å²) < 4.78 is 7.70. The summed E-state index contributed by atoms with van der Waals surface area (Å²) in [5, 5.41) is 16.1. The van der Waals surface area contributed by atoms with Crippen LogP contribution in [0.15, 0.2) is 51.0 Å². The number of halogens is 1. The number of urea groups is 1. The number of thiazole rings is 1. The van der Waals surface area contributed by atoms with E-state index in [1.54, 1.807) is 24.5 Å². The maximum atomic E-state index is 11.9. The Kier molecular flexibility index (Phi) is 5.53. The molecule has 0 aliphatic heterocycles. The van der Waals surface area contributed by atoms with Crippen molar-refractivity contribution in [2.75, 3.05) is 17.6 Å². The molecule has 1 aromatic carbocycles. The van der Waals surface area contributed by atoms with E-state index >= 15 is 0 Å². The fourth-order valence-corrected chi connectivity index (χ4v) is 3.34. The van der Waals surface area contributed by atoms with Crippen molar-refractivity contribution in [1.29, 1.82) is 0 Å². The van der Waals surface area contributed by atoms with E-state index < -0.39 is 0 Å². The second-order valence-corrected chi connectivity index (χ2v) is 7.61. The normalized spacial score (nSPS) is 10.8. The molecular weight excluding hydrogens is 460 g/mol. The Morgan fingerprint density at radius 2 is 2.14 bits per heavy atom. The third kappa shape index (κ3) is 4.43. The molecule has 12 heteroatoms. The maximum absolute atomic E-state index is 11.9. The van der Waals surface area contributed by atoms with Crippen LogP contribution in [0.3, 0.4) is 0 Å². The Hall–Kier alpha value is -3.25. The van der Waals surface area contributed by atoms with Crippen molar-refractivity contribution in [3.8, 4) is 16.5 Å². The lowest BCUT2D eigenvalue weighted by atomic mass is 10.3. The van der Waals surface area contributed by atoms with Gasteiger partial charge in [-0.05, 0) is 24.3 Å². The number of nitrogens with two attached hydrogens (primary N) is 1. The number of benzene rings is 1. The maximum Gasteiger partial charge on any atom is 0.319 e. The Morgan fingerprint density at radius 1 is 1.31 bits per heavy atom. The number of hydrogen-bond donors (Lipinski definition) is 3. The summed E-state index contributed by atoms with van der Waals surface area (Å²) in [6, 6.07) is 6.96. The molecule has 4 rings (SSSR count). The number of nitrogens with one attached hydrogen (secondary N) is 2. The Labute approximate surface area is 177 Å². The van der Waals surface area contributed by atoms with E-state index in [4.69, 9.17) is 10.3 Å². The van der Waals surface area contributed by atoms with Gasteiger partial charge in [0.1, 0.15) is 5.82 Å². The second kappa shape index (κ2) is 8.41. The fraction of sp³-hybridized carbons (Fsp3) is 0.118. The van der Waals surface area contributed by atoms with Crippen molar-refractivity contribution in [1.82, 2.24) is 30.2 Å². The standard InChI is InChI=1S/C17H15BrN8O2S/c18-10-1-3-11(4-2-10)23-16(27)20-6-5-13-24-15(25-28-13)12-9-22-26(14(12)19)17-21-7-8-29-17/h1-4,7-9H,5-6,19H2,(H2,20,23,27). The van der Waals surface area contributed by atoms with E-state index in [0.717, 1.165) is 4.47 Å². The first-order chi connectivity index (χ1) is 14.1. The molecule has 0 saturated heterocycles. The summed E-state index contributed by atoms with van der Waals surface area (Å²) in [7, 11) is 0. The van der Waals surface area contributed by atoms with Gasteiger partial charge in [-0.2, -0.15) is 14.8 Å². The molecule has 0 bridgehead atoms. The van der Waals surface area contributed by atoms with Crippen LogP contribution in [0.4, 0.5) is 16.3 Å². The average Bonchev–Trinajstić information content (AvgIpc) is 3.44. The molecule has 10 nitrogen and oxygen atoms in total. The predicted molar refractivity (Wildman–Crippen MR) is 112 cm³/mol. The number of nitrogens with zero attached hydrogens (tertiary/aromatic N) is 5. The first kappa shape index (κ1) is 19.1. The molecule has 0 fully saturated rings. The molecule has 0 unspecified atom stereocenters. The number of aromatic nitrogens is 5. The quantitative estimate of drug-likeness (QED) is 0.390. The molecule has 0 aliphatic carbocycles. The highest BCUT2D eigenvalue weighted by atomic mass is 79.9. The molecule has 3 heterocycles. The first-order valence-electron chi connectivity index (χ1n) is 8.47. The minimum atomic E-state index is -0.318. The highest BCUT2D eigenvalue weighted by Gasteiger charge is 2.17. The molecule has 0 spiro atoms. The summed E-state index contributed by atoms with van der Waals surface area (Å²) in [6.07, 6.45) is 3.61. The van der Waals surface area contributed by atoms with Gasteiger partial charge in [-0.15, -0.1) is 11.3 Å². The van der Waals surface area contributed by atoms with Crippen LogP contribution in [0.1, 0.15) is 5.89 Å². The van der Waals surface area contributed by atoms with E-state index in [0.29, 0.717) is 46.9 Å². The van der Waals surface area contributed by atoms with Gasteiger partial charge < -0.3 is 20.9 Å². The largest absolute Gasteiger partial charge is 0.383 e. The molecule has 4 N–H and O–H groups in total. The third-order valence-electron chi connectivity index (χ3n) is 3.84. The Morgan fingerprint density at radius 3 is 2.90 bits per heavy atom. The molecule has 0 radical (unpaired) electrons. The number of anilines is 2. The van der Waals surface area contributed by atoms with E-state index in [1.165, 1.54) is 16.0 Å². The van der Waals surface area contributed by atoms with E-state index in [9.17, 15) is 4.79 Å². The molecule has 0 atom stereocenters. The third-order valence-corrected chi connectivity index (χ3v) is 5.12. The monoisotopic (exact) mass is 474 g/mol. The van der Waals surface area contributed by atoms with Crippen molar-refractivity contribution in [3.63, 3.8) is 0 Å². The number of amides is 2. The Bertz CT molecular complexity index is 1110. The van der Waals surface area contributed by atoms with Crippen LogP contribution in [0, 0.1) is 0 Å². The molecule has 0 aliphatic rings. The summed E-state index contributed by atoms with van der Waals surface area (Å²) in [6.45, 7) is 0.331. The van der Waals surface area contributed by atoms with Gasteiger partial charge in [-0.25, -0.2) is 9.78 Å². The number of carbonyl (C=O) groups excluding carboxylic acids is 1. The number of hydrogen-bond acceptors (Lipinski definition) is 8. The first-order valence-corrected chi connectivity index (χ1v) is 10.1. The zero-order valence-electron chi connectivity index (χ0n) is 14.9. The molecule has 3 aromatic heterocycles. The van der Waals surface area contributed by atoms with E-state index in [1.807, 2.05) is 17.5 Å². The highest BCUT2D eigenvalue weighted by molar-refractivity contribution is 9.10. The van der Waals surface area contributed by atoms with Crippen LogP contribution in [-0.4, -0.2) is 37.5 Å². The van der Waals surface area contributed by atoms with Gasteiger partial charge in [-0.1, -0.05) is 21.1 Å². The zero-order chi connectivity index (χ0) is 20.2.